The Bertz CT molecular complexity index is 893. The molecule has 4 rings (SSSR count). The van der Waals surface area contributed by atoms with Gasteiger partial charge in [0.2, 0.25) is 0 Å². The van der Waals surface area contributed by atoms with Crippen molar-refractivity contribution >= 4 is 17.4 Å². The first-order chi connectivity index (χ1) is 12.8. The first-order valence-corrected chi connectivity index (χ1v) is 8.59. The van der Waals surface area contributed by atoms with Crippen molar-refractivity contribution in [2.24, 2.45) is 0 Å². The van der Waals surface area contributed by atoms with Crippen molar-refractivity contribution in [3.05, 3.63) is 60.9 Å². The van der Waals surface area contributed by atoms with Gasteiger partial charge in [0.25, 0.3) is 0 Å². The van der Waals surface area contributed by atoms with Gasteiger partial charge in [-0.25, -0.2) is 4.79 Å². The minimum atomic E-state index is -0.0134. The lowest BCUT2D eigenvalue weighted by molar-refractivity contribution is 0.248. The number of amides is 2. The quantitative estimate of drug-likeness (QED) is 0.777. The summed E-state index contributed by atoms with van der Waals surface area (Å²) in [6, 6.07) is 15.6. The van der Waals surface area contributed by atoms with Crippen molar-refractivity contribution in [2.75, 3.05) is 30.0 Å². The maximum atomic E-state index is 13.0. The summed E-state index contributed by atoms with van der Waals surface area (Å²) in [5, 5.41) is 6.80. The van der Waals surface area contributed by atoms with Crippen LogP contribution >= 0.6 is 0 Å². The highest BCUT2D eigenvalue weighted by atomic mass is 16.5. The van der Waals surface area contributed by atoms with Gasteiger partial charge in [-0.1, -0.05) is 18.2 Å². The van der Waals surface area contributed by atoms with Crippen LogP contribution in [0.1, 0.15) is 6.42 Å². The van der Waals surface area contributed by atoms with E-state index in [0.717, 1.165) is 35.5 Å². The molecular weight excluding hydrogens is 328 g/mol. The molecule has 1 N–H and O–H groups in total. The zero-order valence-corrected chi connectivity index (χ0v) is 14.6. The number of para-hydroxylation sites is 1. The van der Waals surface area contributed by atoms with Crippen LogP contribution in [0.5, 0.6) is 5.75 Å². The number of rotatable bonds is 4. The number of urea groups is 1. The molecule has 0 saturated carbocycles. The van der Waals surface area contributed by atoms with Gasteiger partial charge in [0.1, 0.15) is 5.75 Å². The molecule has 1 saturated heterocycles. The third-order valence-electron chi connectivity index (χ3n) is 4.60. The largest absolute Gasteiger partial charge is 0.496 e. The number of hydrogen-bond acceptors (Lipinski definition) is 3. The zero-order chi connectivity index (χ0) is 17.9. The van der Waals surface area contributed by atoms with Gasteiger partial charge < -0.3 is 4.74 Å². The second-order valence-corrected chi connectivity index (χ2v) is 6.15. The van der Waals surface area contributed by atoms with Crippen LogP contribution in [0.15, 0.2) is 60.9 Å². The number of carbonyl (C=O) groups excluding carboxylic acids is 1. The summed E-state index contributed by atoms with van der Waals surface area (Å²) in [6.45, 7) is 1.42. The van der Waals surface area contributed by atoms with Crippen molar-refractivity contribution in [3.63, 3.8) is 0 Å². The topological polar surface area (TPSA) is 61.5 Å². The molecule has 2 amide bonds. The van der Waals surface area contributed by atoms with Crippen molar-refractivity contribution < 1.29 is 9.53 Å². The van der Waals surface area contributed by atoms with Crippen LogP contribution in [0.4, 0.5) is 16.2 Å². The van der Waals surface area contributed by atoms with E-state index in [1.54, 1.807) is 18.2 Å². The smallest absolute Gasteiger partial charge is 0.328 e. The summed E-state index contributed by atoms with van der Waals surface area (Å²) in [5.41, 5.74) is 3.64. The number of methoxy groups -OCH3 is 1. The van der Waals surface area contributed by atoms with E-state index in [1.807, 2.05) is 59.6 Å². The molecule has 2 heterocycles. The normalized spacial score (nSPS) is 14.6. The Kier molecular flexibility index (Phi) is 4.31. The molecule has 3 aromatic rings. The highest BCUT2D eigenvalue weighted by Crippen LogP contribution is 2.34. The fourth-order valence-corrected chi connectivity index (χ4v) is 3.30. The molecule has 0 atom stereocenters. The SMILES string of the molecule is COc1cc(N2CCCN(c3ccccc3)C2=O)ccc1-c1cn[nH]c1. The number of ether oxygens (including phenoxy) is 1. The van der Waals surface area contributed by atoms with E-state index in [0.29, 0.717) is 12.3 Å². The minimum absolute atomic E-state index is 0.0134. The van der Waals surface area contributed by atoms with Crippen LogP contribution in [0.25, 0.3) is 11.1 Å². The highest BCUT2D eigenvalue weighted by Gasteiger charge is 2.28. The third-order valence-corrected chi connectivity index (χ3v) is 4.60. The van der Waals surface area contributed by atoms with Crippen LogP contribution in [0.2, 0.25) is 0 Å². The van der Waals surface area contributed by atoms with Gasteiger partial charge in [0, 0.05) is 47.9 Å². The molecule has 6 nitrogen and oxygen atoms in total. The third kappa shape index (κ3) is 2.90. The molecule has 0 bridgehead atoms. The standard InChI is InChI=1S/C20H20N4O2/c1-26-19-12-17(8-9-18(19)15-13-21-22-14-15)24-11-5-10-23(20(24)25)16-6-3-2-4-7-16/h2-4,6-9,12-14H,5,10-11H2,1H3,(H,21,22). The molecular formula is C20H20N4O2. The van der Waals surface area contributed by atoms with E-state index in [2.05, 4.69) is 10.2 Å². The average Bonchev–Trinajstić information content (AvgIpc) is 3.23. The van der Waals surface area contributed by atoms with Gasteiger partial charge >= 0.3 is 6.03 Å². The number of carbonyl (C=O) groups is 1. The maximum absolute atomic E-state index is 13.0. The summed E-state index contributed by atoms with van der Waals surface area (Å²) in [4.78, 5) is 16.7. The number of benzene rings is 2. The van der Waals surface area contributed by atoms with Gasteiger partial charge in [-0.2, -0.15) is 5.10 Å². The van der Waals surface area contributed by atoms with E-state index < -0.39 is 0 Å². The van der Waals surface area contributed by atoms with E-state index >= 15 is 0 Å². The van der Waals surface area contributed by atoms with E-state index in [1.165, 1.54) is 0 Å². The molecule has 0 radical (unpaired) electrons. The van der Waals surface area contributed by atoms with Crippen LogP contribution in [0, 0.1) is 0 Å². The molecule has 0 unspecified atom stereocenters. The summed E-state index contributed by atoms with van der Waals surface area (Å²) in [5.74, 6) is 0.716. The Hall–Kier alpha value is -3.28. The summed E-state index contributed by atoms with van der Waals surface area (Å²) < 4.78 is 5.55. The fourth-order valence-electron chi connectivity index (χ4n) is 3.30. The second-order valence-electron chi connectivity index (χ2n) is 6.15. The number of aromatic amines is 1. The Labute approximate surface area is 152 Å². The number of aromatic nitrogens is 2. The summed E-state index contributed by atoms with van der Waals surface area (Å²) in [7, 11) is 1.64. The minimum Gasteiger partial charge on any atom is -0.496 e. The lowest BCUT2D eigenvalue weighted by Crippen LogP contribution is -2.49. The molecule has 2 aromatic carbocycles. The number of nitrogens with zero attached hydrogens (tertiary/aromatic N) is 3. The number of hydrogen-bond donors (Lipinski definition) is 1. The predicted molar refractivity (Wildman–Crippen MR) is 102 cm³/mol. The van der Waals surface area contributed by atoms with Crippen molar-refractivity contribution in [2.45, 2.75) is 6.42 Å². The monoisotopic (exact) mass is 348 g/mol. The molecule has 132 valence electrons. The molecule has 1 aromatic heterocycles. The lowest BCUT2D eigenvalue weighted by atomic mass is 10.1. The van der Waals surface area contributed by atoms with Crippen LogP contribution in [-0.4, -0.2) is 36.4 Å². The average molecular weight is 348 g/mol. The number of nitrogens with one attached hydrogen (secondary N) is 1. The Morgan fingerprint density at radius 3 is 2.50 bits per heavy atom. The molecule has 1 aliphatic rings. The molecule has 0 spiro atoms. The van der Waals surface area contributed by atoms with Crippen LogP contribution in [0.3, 0.4) is 0 Å². The van der Waals surface area contributed by atoms with Gasteiger partial charge in [-0.05, 0) is 30.7 Å². The first kappa shape index (κ1) is 16.2. The Balaban J connectivity index is 1.65. The predicted octanol–water partition coefficient (Wildman–Crippen LogP) is 3.92. The molecule has 1 fully saturated rings. The Morgan fingerprint density at radius 2 is 1.81 bits per heavy atom. The number of anilines is 2. The van der Waals surface area contributed by atoms with E-state index in [4.69, 9.17) is 4.74 Å². The zero-order valence-electron chi connectivity index (χ0n) is 14.6. The van der Waals surface area contributed by atoms with Gasteiger partial charge in [0.05, 0.1) is 13.3 Å². The van der Waals surface area contributed by atoms with Gasteiger partial charge in [-0.15, -0.1) is 0 Å². The van der Waals surface area contributed by atoms with Crippen LogP contribution < -0.4 is 14.5 Å². The summed E-state index contributed by atoms with van der Waals surface area (Å²) in [6.07, 6.45) is 4.48. The molecule has 6 heteroatoms. The maximum Gasteiger partial charge on any atom is 0.328 e. The van der Waals surface area contributed by atoms with Crippen molar-refractivity contribution in [1.29, 1.82) is 0 Å². The first-order valence-electron chi connectivity index (χ1n) is 8.59. The number of H-pyrrole nitrogens is 1. The van der Waals surface area contributed by atoms with Crippen molar-refractivity contribution in [1.82, 2.24) is 10.2 Å². The van der Waals surface area contributed by atoms with Crippen molar-refractivity contribution in [3.8, 4) is 16.9 Å². The highest BCUT2D eigenvalue weighted by molar-refractivity contribution is 6.04. The molecule has 26 heavy (non-hydrogen) atoms. The van der Waals surface area contributed by atoms with Gasteiger partial charge in [0.15, 0.2) is 0 Å². The fraction of sp³-hybridized carbons (Fsp3) is 0.200. The Morgan fingerprint density at radius 1 is 1.04 bits per heavy atom. The second kappa shape index (κ2) is 6.92. The van der Waals surface area contributed by atoms with Crippen LogP contribution in [-0.2, 0) is 0 Å². The van der Waals surface area contributed by atoms with Gasteiger partial charge in [-0.3, -0.25) is 14.9 Å². The van der Waals surface area contributed by atoms with E-state index in [9.17, 15) is 4.79 Å². The lowest BCUT2D eigenvalue weighted by Gasteiger charge is -2.35. The molecule has 1 aliphatic heterocycles. The summed E-state index contributed by atoms with van der Waals surface area (Å²) >= 11 is 0. The van der Waals surface area contributed by atoms with E-state index in [-0.39, 0.29) is 6.03 Å². The molecule has 0 aliphatic carbocycles.